The number of aromatic nitrogens is 3. The van der Waals surface area contributed by atoms with E-state index in [9.17, 15) is 0 Å². The van der Waals surface area contributed by atoms with Crippen LogP contribution >= 0.6 is 0 Å². The molecule has 5 nitrogen and oxygen atoms in total. The summed E-state index contributed by atoms with van der Waals surface area (Å²) in [5, 5.41) is 3.48. The number of nitrogens with one attached hydrogen (secondary N) is 2. The van der Waals surface area contributed by atoms with E-state index >= 15 is 0 Å². The minimum atomic E-state index is 0.343. The van der Waals surface area contributed by atoms with Crippen LogP contribution in [0.4, 0.5) is 0 Å². The number of imidazole rings is 1. The van der Waals surface area contributed by atoms with Gasteiger partial charge in [0.05, 0.1) is 0 Å². The van der Waals surface area contributed by atoms with Gasteiger partial charge >= 0.3 is 0 Å². The van der Waals surface area contributed by atoms with Crippen LogP contribution in [0.15, 0.2) is 61.1 Å². The number of aromatic amines is 1. The number of pyridine rings is 1. The first-order chi connectivity index (χ1) is 11.9. The molecule has 0 amide bonds. The third-order valence-electron chi connectivity index (χ3n) is 4.47. The van der Waals surface area contributed by atoms with Crippen molar-refractivity contribution in [3.63, 3.8) is 0 Å². The Kier molecular flexibility index (Phi) is 4.36. The van der Waals surface area contributed by atoms with Gasteiger partial charge < -0.3 is 10.3 Å². The average Bonchev–Trinajstić information content (AvgIpc) is 3.12. The van der Waals surface area contributed by atoms with E-state index < -0.39 is 0 Å². The van der Waals surface area contributed by atoms with Gasteiger partial charge in [0, 0.05) is 62.1 Å². The van der Waals surface area contributed by atoms with E-state index in [4.69, 9.17) is 0 Å². The fourth-order valence-corrected chi connectivity index (χ4v) is 3.24. The Hall–Kier alpha value is -2.50. The molecule has 0 aliphatic carbocycles. The van der Waals surface area contributed by atoms with E-state index in [1.54, 1.807) is 0 Å². The lowest BCUT2D eigenvalue weighted by molar-refractivity contribution is 0.152. The van der Waals surface area contributed by atoms with Crippen molar-refractivity contribution in [2.24, 2.45) is 0 Å². The topological polar surface area (TPSA) is 56.8 Å². The fourth-order valence-electron chi connectivity index (χ4n) is 3.24. The number of rotatable bonds is 4. The monoisotopic (exact) mass is 319 g/mol. The molecule has 1 unspecified atom stereocenters. The SMILES string of the molecule is c1ccc(-c2ncc(CN3CCNCC3c3cccnc3)[nH]2)cc1. The van der Waals surface area contributed by atoms with Gasteiger partial charge in [-0.3, -0.25) is 9.88 Å². The molecule has 4 rings (SSSR count). The molecular formula is C19H21N5. The number of nitrogens with zero attached hydrogens (tertiary/aromatic N) is 3. The maximum Gasteiger partial charge on any atom is 0.137 e. The Morgan fingerprint density at radius 1 is 1.08 bits per heavy atom. The van der Waals surface area contributed by atoms with Crippen LogP contribution in [-0.2, 0) is 6.54 Å². The Bertz CT molecular complexity index is 769. The van der Waals surface area contributed by atoms with Crippen molar-refractivity contribution in [2.75, 3.05) is 19.6 Å². The molecule has 0 radical (unpaired) electrons. The second kappa shape index (κ2) is 6.95. The highest BCUT2D eigenvalue weighted by molar-refractivity contribution is 5.54. The first kappa shape index (κ1) is 15.1. The Labute approximate surface area is 141 Å². The maximum atomic E-state index is 4.54. The number of H-pyrrole nitrogens is 1. The van der Waals surface area contributed by atoms with Crippen LogP contribution in [0.25, 0.3) is 11.4 Å². The van der Waals surface area contributed by atoms with Gasteiger partial charge in [-0.15, -0.1) is 0 Å². The lowest BCUT2D eigenvalue weighted by Gasteiger charge is -2.36. The highest BCUT2D eigenvalue weighted by atomic mass is 15.2. The summed E-state index contributed by atoms with van der Waals surface area (Å²) in [5.41, 5.74) is 3.52. The highest BCUT2D eigenvalue weighted by Gasteiger charge is 2.24. The van der Waals surface area contributed by atoms with Gasteiger partial charge in [0.2, 0.25) is 0 Å². The van der Waals surface area contributed by atoms with Crippen LogP contribution in [0, 0.1) is 0 Å². The van der Waals surface area contributed by atoms with E-state index in [2.05, 4.69) is 43.4 Å². The van der Waals surface area contributed by atoms with Crippen molar-refractivity contribution in [3.05, 3.63) is 72.3 Å². The van der Waals surface area contributed by atoms with Gasteiger partial charge in [0.15, 0.2) is 0 Å². The predicted molar refractivity (Wildman–Crippen MR) is 94.3 cm³/mol. The van der Waals surface area contributed by atoms with E-state index in [0.717, 1.165) is 43.3 Å². The zero-order valence-corrected chi connectivity index (χ0v) is 13.5. The first-order valence-corrected chi connectivity index (χ1v) is 8.34. The molecule has 1 saturated heterocycles. The van der Waals surface area contributed by atoms with Crippen molar-refractivity contribution in [2.45, 2.75) is 12.6 Å². The molecule has 3 aromatic rings. The number of hydrogen-bond acceptors (Lipinski definition) is 4. The second-order valence-electron chi connectivity index (χ2n) is 6.10. The molecule has 0 spiro atoms. The summed E-state index contributed by atoms with van der Waals surface area (Å²) in [6, 6.07) is 14.7. The van der Waals surface area contributed by atoms with Crippen molar-refractivity contribution in [3.8, 4) is 11.4 Å². The number of hydrogen-bond donors (Lipinski definition) is 2. The van der Waals surface area contributed by atoms with Crippen LogP contribution < -0.4 is 5.32 Å². The van der Waals surface area contributed by atoms with E-state index in [1.807, 2.05) is 42.9 Å². The summed E-state index contributed by atoms with van der Waals surface area (Å²) in [6.45, 7) is 3.84. The van der Waals surface area contributed by atoms with E-state index in [1.165, 1.54) is 5.56 Å². The Morgan fingerprint density at radius 3 is 2.83 bits per heavy atom. The Morgan fingerprint density at radius 2 is 2.00 bits per heavy atom. The van der Waals surface area contributed by atoms with Crippen LogP contribution in [-0.4, -0.2) is 39.5 Å². The molecule has 2 N–H and O–H groups in total. The van der Waals surface area contributed by atoms with Gasteiger partial charge in [0.1, 0.15) is 5.82 Å². The quantitative estimate of drug-likeness (QED) is 0.776. The summed E-state index contributed by atoms with van der Waals surface area (Å²) < 4.78 is 0. The standard InChI is InChI=1S/C19H21N5/c1-2-5-15(6-3-1)19-22-12-17(23-19)14-24-10-9-21-13-18(24)16-7-4-8-20-11-16/h1-8,11-12,18,21H,9-10,13-14H2,(H,22,23). The van der Waals surface area contributed by atoms with Crippen LogP contribution in [0.5, 0.6) is 0 Å². The minimum absolute atomic E-state index is 0.343. The predicted octanol–water partition coefficient (Wildman–Crippen LogP) is 2.62. The molecule has 1 aliphatic heterocycles. The molecule has 3 heterocycles. The third kappa shape index (κ3) is 3.22. The average molecular weight is 319 g/mol. The highest BCUT2D eigenvalue weighted by Crippen LogP contribution is 2.24. The van der Waals surface area contributed by atoms with Gasteiger partial charge in [0.25, 0.3) is 0 Å². The molecule has 122 valence electrons. The zero-order chi connectivity index (χ0) is 16.2. The molecule has 1 fully saturated rings. The molecule has 2 aromatic heterocycles. The molecule has 5 heteroatoms. The molecular weight excluding hydrogens is 298 g/mol. The van der Waals surface area contributed by atoms with Crippen molar-refractivity contribution in [1.29, 1.82) is 0 Å². The molecule has 1 atom stereocenters. The largest absolute Gasteiger partial charge is 0.341 e. The fraction of sp³-hybridized carbons (Fsp3) is 0.263. The molecule has 24 heavy (non-hydrogen) atoms. The first-order valence-electron chi connectivity index (χ1n) is 8.34. The normalized spacial score (nSPS) is 18.6. The van der Waals surface area contributed by atoms with Crippen LogP contribution in [0.1, 0.15) is 17.3 Å². The van der Waals surface area contributed by atoms with Crippen LogP contribution in [0.2, 0.25) is 0 Å². The minimum Gasteiger partial charge on any atom is -0.341 e. The Balaban J connectivity index is 1.52. The van der Waals surface area contributed by atoms with Gasteiger partial charge in [-0.2, -0.15) is 0 Å². The molecule has 1 aliphatic rings. The summed E-state index contributed by atoms with van der Waals surface area (Å²) in [5.74, 6) is 0.929. The van der Waals surface area contributed by atoms with E-state index in [-0.39, 0.29) is 0 Å². The summed E-state index contributed by atoms with van der Waals surface area (Å²) in [4.78, 5) is 14.8. The lowest BCUT2D eigenvalue weighted by atomic mass is 10.1. The second-order valence-corrected chi connectivity index (χ2v) is 6.10. The van der Waals surface area contributed by atoms with Crippen molar-refractivity contribution >= 4 is 0 Å². The van der Waals surface area contributed by atoms with Gasteiger partial charge in [-0.05, 0) is 11.6 Å². The lowest BCUT2D eigenvalue weighted by Crippen LogP contribution is -2.45. The third-order valence-corrected chi connectivity index (χ3v) is 4.47. The zero-order valence-electron chi connectivity index (χ0n) is 13.5. The van der Waals surface area contributed by atoms with E-state index in [0.29, 0.717) is 6.04 Å². The maximum absolute atomic E-state index is 4.54. The smallest absolute Gasteiger partial charge is 0.137 e. The van der Waals surface area contributed by atoms with Crippen molar-refractivity contribution < 1.29 is 0 Å². The van der Waals surface area contributed by atoms with Crippen molar-refractivity contribution in [1.82, 2.24) is 25.2 Å². The van der Waals surface area contributed by atoms with Gasteiger partial charge in [-0.1, -0.05) is 36.4 Å². The molecule has 1 aromatic carbocycles. The summed E-state index contributed by atoms with van der Waals surface area (Å²) in [7, 11) is 0. The van der Waals surface area contributed by atoms with Crippen LogP contribution in [0.3, 0.4) is 0 Å². The molecule has 0 saturated carbocycles. The van der Waals surface area contributed by atoms with Gasteiger partial charge in [-0.25, -0.2) is 4.98 Å². The number of benzene rings is 1. The number of piperazine rings is 1. The summed E-state index contributed by atoms with van der Waals surface area (Å²) in [6.07, 6.45) is 5.74. The summed E-state index contributed by atoms with van der Waals surface area (Å²) >= 11 is 0. The molecule has 0 bridgehead atoms.